The van der Waals surface area contributed by atoms with E-state index in [1.54, 1.807) is 0 Å². The Morgan fingerprint density at radius 3 is 1.81 bits per heavy atom. The SMILES string of the molecule is CCCCCCCCCCCC1(CC)CC1C(C)C(C)C. The maximum Gasteiger partial charge on any atom is -0.0266 e. The Kier molecular flexibility index (Phi) is 8.98. The molecule has 0 heteroatoms. The predicted molar refractivity (Wildman–Crippen MR) is 96.7 cm³/mol. The van der Waals surface area contributed by atoms with Gasteiger partial charge in [0, 0.05) is 0 Å². The first-order valence-electron chi connectivity index (χ1n) is 10.1. The smallest absolute Gasteiger partial charge is 0.0266 e. The molecule has 1 aliphatic carbocycles. The van der Waals surface area contributed by atoms with Gasteiger partial charge in [-0.05, 0) is 36.0 Å². The highest BCUT2D eigenvalue weighted by molar-refractivity contribution is 5.03. The third kappa shape index (κ3) is 6.33. The second-order valence-corrected chi connectivity index (χ2v) is 8.21. The van der Waals surface area contributed by atoms with Gasteiger partial charge in [-0.3, -0.25) is 0 Å². The first-order chi connectivity index (χ1) is 10.1. The summed E-state index contributed by atoms with van der Waals surface area (Å²) in [6.07, 6.45) is 17.6. The molecule has 0 N–H and O–H groups in total. The molecule has 0 aromatic rings. The second kappa shape index (κ2) is 9.90. The van der Waals surface area contributed by atoms with E-state index < -0.39 is 0 Å². The van der Waals surface area contributed by atoms with Gasteiger partial charge in [-0.2, -0.15) is 0 Å². The molecule has 0 aromatic heterocycles. The summed E-state index contributed by atoms with van der Waals surface area (Å²) in [6.45, 7) is 12.0. The van der Waals surface area contributed by atoms with E-state index in [0.717, 1.165) is 23.2 Å². The monoisotopic (exact) mass is 294 g/mol. The summed E-state index contributed by atoms with van der Waals surface area (Å²) in [5, 5.41) is 0. The third-order valence-corrected chi connectivity index (χ3v) is 6.42. The van der Waals surface area contributed by atoms with Crippen molar-refractivity contribution in [3.63, 3.8) is 0 Å². The Hall–Kier alpha value is 0. The first kappa shape index (κ1) is 19.0. The normalized spacial score (nSPS) is 26.3. The highest BCUT2D eigenvalue weighted by atomic mass is 14.6. The van der Waals surface area contributed by atoms with E-state index >= 15 is 0 Å². The summed E-state index contributed by atoms with van der Waals surface area (Å²) in [6, 6.07) is 0. The molecule has 0 amide bonds. The molecule has 1 rings (SSSR count). The molecule has 126 valence electrons. The number of unbranched alkanes of at least 4 members (excludes halogenated alkanes) is 8. The molecule has 3 atom stereocenters. The van der Waals surface area contributed by atoms with Gasteiger partial charge in [-0.15, -0.1) is 0 Å². The van der Waals surface area contributed by atoms with E-state index in [9.17, 15) is 0 Å². The fourth-order valence-electron chi connectivity index (χ4n) is 4.25. The highest BCUT2D eigenvalue weighted by Crippen LogP contribution is 2.62. The van der Waals surface area contributed by atoms with Crippen LogP contribution in [0.5, 0.6) is 0 Å². The maximum atomic E-state index is 2.49. The molecule has 0 heterocycles. The van der Waals surface area contributed by atoms with Crippen LogP contribution in [-0.2, 0) is 0 Å². The summed E-state index contributed by atoms with van der Waals surface area (Å²) in [7, 11) is 0. The maximum absolute atomic E-state index is 2.49. The standard InChI is InChI=1S/C21H42/c1-6-8-9-10-11-12-13-14-15-16-21(7-2)17-20(21)19(5)18(3)4/h18-20H,6-17H2,1-5H3. The van der Waals surface area contributed by atoms with Crippen molar-refractivity contribution < 1.29 is 0 Å². The summed E-state index contributed by atoms with van der Waals surface area (Å²) in [4.78, 5) is 0. The third-order valence-electron chi connectivity index (χ3n) is 6.42. The van der Waals surface area contributed by atoms with Crippen molar-refractivity contribution in [3.8, 4) is 0 Å². The van der Waals surface area contributed by atoms with Gasteiger partial charge in [0.15, 0.2) is 0 Å². The minimum Gasteiger partial charge on any atom is -0.0654 e. The van der Waals surface area contributed by atoms with Crippen LogP contribution in [0, 0.1) is 23.2 Å². The Labute approximate surface area is 135 Å². The van der Waals surface area contributed by atoms with Crippen molar-refractivity contribution in [3.05, 3.63) is 0 Å². The zero-order chi connectivity index (χ0) is 15.7. The number of hydrogen-bond donors (Lipinski definition) is 0. The Morgan fingerprint density at radius 2 is 1.33 bits per heavy atom. The molecule has 0 radical (unpaired) electrons. The zero-order valence-electron chi connectivity index (χ0n) is 15.7. The molecule has 0 nitrogen and oxygen atoms in total. The van der Waals surface area contributed by atoms with E-state index in [4.69, 9.17) is 0 Å². The zero-order valence-corrected chi connectivity index (χ0v) is 15.7. The average molecular weight is 295 g/mol. The predicted octanol–water partition coefficient (Wildman–Crippen LogP) is 7.62. The van der Waals surface area contributed by atoms with E-state index in [0.29, 0.717) is 0 Å². The minimum absolute atomic E-state index is 0.755. The van der Waals surface area contributed by atoms with Crippen molar-refractivity contribution in [2.75, 3.05) is 0 Å². The quantitative estimate of drug-likeness (QED) is 0.306. The van der Waals surface area contributed by atoms with Crippen molar-refractivity contribution in [1.82, 2.24) is 0 Å². The molecule has 1 fully saturated rings. The van der Waals surface area contributed by atoms with Crippen LogP contribution in [-0.4, -0.2) is 0 Å². The van der Waals surface area contributed by atoms with Gasteiger partial charge in [-0.25, -0.2) is 0 Å². The van der Waals surface area contributed by atoms with Crippen LogP contribution in [0.1, 0.15) is 112 Å². The number of rotatable bonds is 13. The summed E-state index contributed by atoms with van der Waals surface area (Å²) in [5.41, 5.74) is 0.755. The van der Waals surface area contributed by atoms with Crippen LogP contribution in [0.3, 0.4) is 0 Å². The molecule has 3 unspecified atom stereocenters. The van der Waals surface area contributed by atoms with Gasteiger partial charge in [0.05, 0.1) is 0 Å². The largest absolute Gasteiger partial charge is 0.0654 e. The van der Waals surface area contributed by atoms with Crippen molar-refractivity contribution in [1.29, 1.82) is 0 Å². The van der Waals surface area contributed by atoms with Crippen LogP contribution in [0.2, 0.25) is 0 Å². The molecule has 0 aliphatic heterocycles. The van der Waals surface area contributed by atoms with E-state index in [-0.39, 0.29) is 0 Å². The molecule has 0 spiro atoms. The van der Waals surface area contributed by atoms with Crippen molar-refractivity contribution in [2.45, 2.75) is 112 Å². The molecular formula is C21H42. The van der Waals surface area contributed by atoms with Crippen LogP contribution in [0.25, 0.3) is 0 Å². The molecular weight excluding hydrogens is 252 g/mol. The molecule has 21 heavy (non-hydrogen) atoms. The molecule has 1 aliphatic rings. The molecule has 1 saturated carbocycles. The Balaban J connectivity index is 2.04. The van der Waals surface area contributed by atoms with Gasteiger partial charge in [0.25, 0.3) is 0 Å². The topological polar surface area (TPSA) is 0 Å². The van der Waals surface area contributed by atoms with E-state index in [1.807, 2.05) is 0 Å². The molecule has 0 saturated heterocycles. The van der Waals surface area contributed by atoms with Crippen LogP contribution >= 0.6 is 0 Å². The fraction of sp³-hybridized carbons (Fsp3) is 1.00. The summed E-state index contributed by atoms with van der Waals surface area (Å²) < 4.78 is 0. The van der Waals surface area contributed by atoms with Crippen molar-refractivity contribution >= 4 is 0 Å². The van der Waals surface area contributed by atoms with Gasteiger partial charge < -0.3 is 0 Å². The Morgan fingerprint density at radius 1 is 0.810 bits per heavy atom. The number of hydrogen-bond acceptors (Lipinski definition) is 0. The lowest BCUT2D eigenvalue weighted by molar-refractivity contribution is 0.283. The Bertz CT molecular complexity index is 255. The fourth-order valence-corrected chi connectivity index (χ4v) is 4.25. The van der Waals surface area contributed by atoms with Crippen LogP contribution < -0.4 is 0 Å². The second-order valence-electron chi connectivity index (χ2n) is 8.21. The lowest BCUT2D eigenvalue weighted by Gasteiger charge is -2.21. The van der Waals surface area contributed by atoms with Crippen LogP contribution in [0.4, 0.5) is 0 Å². The summed E-state index contributed by atoms with van der Waals surface area (Å²) >= 11 is 0. The lowest BCUT2D eigenvalue weighted by atomic mass is 9.84. The van der Waals surface area contributed by atoms with E-state index in [1.165, 1.54) is 77.0 Å². The highest BCUT2D eigenvalue weighted by Gasteiger charge is 2.54. The van der Waals surface area contributed by atoms with E-state index in [2.05, 4.69) is 34.6 Å². The first-order valence-corrected chi connectivity index (χ1v) is 10.1. The molecule has 0 aromatic carbocycles. The van der Waals surface area contributed by atoms with Crippen LogP contribution in [0.15, 0.2) is 0 Å². The van der Waals surface area contributed by atoms with Gasteiger partial charge >= 0.3 is 0 Å². The average Bonchev–Trinajstić information content (AvgIpc) is 3.19. The lowest BCUT2D eigenvalue weighted by Crippen LogP contribution is -2.13. The van der Waals surface area contributed by atoms with Gasteiger partial charge in [0.1, 0.15) is 0 Å². The van der Waals surface area contributed by atoms with Crippen molar-refractivity contribution in [2.24, 2.45) is 23.2 Å². The summed E-state index contributed by atoms with van der Waals surface area (Å²) in [5.74, 6) is 2.84. The van der Waals surface area contributed by atoms with Gasteiger partial charge in [0.2, 0.25) is 0 Å². The minimum atomic E-state index is 0.755. The molecule has 0 bridgehead atoms. The van der Waals surface area contributed by atoms with Gasteiger partial charge in [-0.1, -0.05) is 98.8 Å².